The Labute approximate surface area is 319 Å². The van der Waals surface area contributed by atoms with E-state index in [4.69, 9.17) is 42.4 Å². The second-order valence-electron chi connectivity index (χ2n) is 14.2. The Hall–Kier alpha value is -4.22. The summed E-state index contributed by atoms with van der Waals surface area (Å²) >= 11 is 14.0. The molecule has 0 bridgehead atoms. The van der Waals surface area contributed by atoms with Crippen LogP contribution in [-0.2, 0) is 29.1 Å². The van der Waals surface area contributed by atoms with Crippen LogP contribution < -0.4 is 19.5 Å². The minimum absolute atomic E-state index is 0.271. The van der Waals surface area contributed by atoms with Crippen molar-refractivity contribution in [3.8, 4) is 40.0 Å². The van der Waals surface area contributed by atoms with Gasteiger partial charge < -0.3 is 24.6 Å². The van der Waals surface area contributed by atoms with Crippen molar-refractivity contribution in [1.29, 1.82) is 0 Å². The summed E-state index contributed by atoms with van der Waals surface area (Å²) in [4.78, 5) is 34.9. The van der Waals surface area contributed by atoms with E-state index in [1.54, 1.807) is 14.2 Å². The third-order valence-corrected chi connectivity index (χ3v) is 11.4. The van der Waals surface area contributed by atoms with Gasteiger partial charge in [-0.1, -0.05) is 65.7 Å². The number of pyridine rings is 2. The lowest BCUT2D eigenvalue weighted by molar-refractivity contribution is -0.143. The molecule has 0 radical (unpaired) electrons. The molecule has 0 amide bonds. The Balaban J connectivity index is 1.08. The fourth-order valence-corrected chi connectivity index (χ4v) is 8.52. The van der Waals surface area contributed by atoms with Crippen LogP contribution in [0.1, 0.15) is 66.9 Å². The Morgan fingerprint density at radius 1 is 0.925 bits per heavy atom. The Morgan fingerprint density at radius 3 is 2.47 bits per heavy atom. The number of rotatable bonds is 13. The first-order valence-corrected chi connectivity index (χ1v) is 19.0. The first-order chi connectivity index (χ1) is 25.7. The van der Waals surface area contributed by atoms with Crippen molar-refractivity contribution in [2.45, 2.75) is 64.1 Å². The van der Waals surface area contributed by atoms with Gasteiger partial charge in [-0.05, 0) is 79.9 Å². The van der Waals surface area contributed by atoms with Gasteiger partial charge in [-0.3, -0.25) is 14.5 Å². The van der Waals surface area contributed by atoms with Crippen molar-refractivity contribution >= 4 is 35.0 Å². The number of halogens is 2. The molecule has 2 aromatic carbocycles. The molecule has 3 aliphatic rings. The van der Waals surface area contributed by atoms with Gasteiger partial charge >= 0.3 is 5.97 Å². The highest BCUT2D eigenvalue weighted by atomic mass is 35.5. The van der Waals surface area contributed by atoms with Crippen LogP contribution >= 0.6 is 23.2 Å². The first kappa shape index (κ1) is 37.1. The van der Waals surface area contributed by atoms with Crippen LogP contribution in [-0.4, -0.2) is 65.6 Å². The normalized spacial score (nSPS) is 20.0. The lowest BCUT2D eigenvalue weighted by atomic mass is 9.94. The molecule has 3 atom stereocenters. The van der Waals surface area contributed by atoms with Gasteiger partial charge in [0.05, 0.1) is 30.9 Å². The van der Waals surface area contributed by atoms with Crippen molar-refractivity contribution in [2.75, 3.05) is 33.9 Å². The number of piperidine rings is 1. The van der Waals surface area contributed by atoms with Crippen molar-refractivity contribution in [3.63, 3.8) is 0 Å². The highest BCUT2D eigenvalue weighted by Gasteiger charge is 2.30. The molecule has 10 nitrogen and oxygen atoms in total. The lowest BCUT2D eigenvalue weighted by Gasteiger charge is -2.30. The van der Waals surface area contributed by atoms with Crippen LogP contribution in [0.5, 0.6) is 17.6 Å². The molecule has 0 unspecified atom stereocenters. The molecular formula is C41H44Cl2N4O6. The van der Waals surface area contributed by atoms with E-state index in [9.17, 15) is 14.7 Å². The molecule has 2 aliphatic carbocycles. The fraction of sp³-hybridized carbons (Fsp3) is 0.415. The second kappa shape index (κ2) is 16.4. The average molecular weight is 760 g/mol. The van der Waals surface area contributed by atoms with Crippen LogP contribution in [0.2, 0.25) is 10.0 Å². The monoisotopic (exact) mass is 758 g/mol. The number of carboxylic acid groups (broad SMARTS) is 1. The largest absolute Gasteiger partial charge is 0.481 e. The maximum atomic E-state index is 11.6. The molecule has 2 aromatic heterocycles. The number of ketones is 1. The summed E-state index contributed by atoms with van der Waals surface area (Å²) in [6.45, 7) is 3.15. The van der Waals surface area contributed by atoms with Crippen LogP contribution in [0, 0.1) is 11.8 Å². The van der Waals surface area contributed by atoms with Crippen LogP contribution in [0.15, 0.2) is 54.6 Å². The van der Waals surface area contributed by atoms with Crippen LogP contribution in [0.25, 0.3) is 22.4 Å². The second-order valence-corrected chi connectivity index (χ2v) is 15.0. The molecule has 2 N–H and O–H groups in total. The zero-order valence-corrected chi connectivity index (χ0v) is 31.5. The quantitative estimate of drug-likeness (QED) is 0.139. The molecule has 278 valence electrons. The summed E-state index contributed by atoms with van der Waals surface area (Å²) in [6, 6.07) is 18.0. The summed E-state index contributed by atoms with van der Waals surface area (Å²) in [5.74, 6) is 0.835. The number of Topliss-reactive ketones (excluding diaryl/α,β-unsaturated/α-hetero) is 1. The minimum atomic E-state index is -0.765. The number of carboxylic acids is 1. The topological polar surface area (TPSA) is 123 Å². The van der Waals surface area contributed by atoms with Gasteiger partial charge in [0.1, 0.15) is 16.9 Å². The molecule has 53 heavy (non-hydrogen) atoms. The third kappa shape index (κ3) is 8.16. The number of aromatic nitrogens is 2. The highest BCUT2D eigenvalue weighted by molar-refractivity contribution is 6.36. The SMILES string of the molecule is COc1nc(-c2cccc(-c3cccc4c3CC[C@@H]4Oc3nc(OC)c(CN4CCC[C@@H](C(=O)O)C4)cc3Cl)c2Cl)ccc1CNC[C@@H]1CCC(=O)C1. The zero-order chi connectivity index (χ0) is 37.1. The number of methoxy groups -OCH3 is 2. The minimum Gasteiger partial charge on any atom is -0.481 e. The van der Waals surface area contributed by atoms with E-state index in [1.165, 1.54) is 0 Å². The van der Waals surface area contributed by atoms with Gasteiger partial charge in [0.15, 0.2) is 0 Å². The van der Waals surface area contributed by atoms with Gasteiger partial charge in [0, 0.05) is 54.7 Å². The van der Waals surface area contributed by atoms with E-state index >= 15 is 0 Å². The Bertz CT molecular complexity index is 2010. The Kier molecular flexibility index (Phi) is 11.5. The average Bonchev–Trinajstić information content (AvgIpc) is 3.78. The number of hydrogen-bond donors (Lipinski definition) is 2. The van der Waals surface area contributed by atoms with Crippen LogP contribution in [0.4, 0.5) is 0 Å². The molecule has 1 saturated heterocycles. The number of benzene rings is 2. The number of likely N-dealkylation sites (tertiary alicyclic amines) is 1. The standard InChI is InChI=1S/C41H44Cl2N4O6/c1-51-38-25(21-44-20-24-11-13-28(48)18-24)12-15-35(45-38)33-10-4-9-32(37(33)43)29-7-3-8-31-30(29)14-16-36(31)53-40-34(42)19-27(39(46-40)52-2)23-47-17-5-6-26(22-47)41(49)50/h3-4,7-10,12,15,19,24,26,36,44H,5-6,11,13-14,16-18,20-23H2,1-2H3,(H,49,50)/t24-,26-,36+/m1/s1. The number of nitrogens with zero attached hydrogens (tertiary/aromatic N) is 3. The van der Waals surface area contributed by atoms with Gasteiger partial charge in [-0.15, -0.1) is 0 Å². The van der Waals surface area contributed by atoms with Crippen molar-refractivity contribution < 1.29 is 28.9 Å². The predicted molar refractivity (Wildman–Crippen MR) is 204 cm³/mol. The number of carbonyl (C=O) groups excluding carboxylic acids is 1. The molecule has 1 aliphatic heterocycles. The van der Waals surface area contributed by atoms with Gasteiger partial charge in [-0.25, -0.2) is 4.98 Å². The highest BCUT2D eigenvalue weighted by Crippen LogP contribution is 2.45. The zero-order valence-electron chi connectivity index (χ0n) is 30.0. The molecule has 12 heteroatoms. The number of fused-ring (bicyclic) bond motifs is 1. The summed E-state index contributed by atoms with van der Waals surface area (Å²) < 4.78 is 17.8. The molecule has 2 fully saturated rings. The van der Waals surface area contributed by atoms with Gasteiger partial charge in [-0.2, -0.15) is 4.98 Å². The van der Waals surface area contributed by atoms with E-state index in [-0.39, 0.29) is 12.0 Å². The number of carbonyl (C=O) groups is 2. The fourth-order valence-electron chi connectivity index (χ4n) is 7.98. The summed E-state index contributed by atoms with van der Waals surface area (Å²) in [7, 11) is 3.19. The number of ether oxygens (including phenoxy) is 3. The number of hydrogen-bond acceptors (Lipinski definition) is 9. The summed E-state index contributed by atoms with van der Waals surface area (Å²) in [5.41, 5.74) is 7.40. The van der Waals surface area contributed by atoms with E-state index in [1.807, 2.05) is 42.5 Å². The van der Waals surface area contributed by atoms with Crippen molar-refractivity contribution in [3.05, 3.63) is 86.9 Å². The molecule has 4 aromatic rings. The summed E-state index contributed by atoms with van der Waals surface area (Å²) in [6.07, 6.45) is 5.04. The Morgan fingerprint density at radius 2 is 1.70 bits per heavy atom. The maximum Gasteiger partial charge on any atom is 0.307 e. The van der Waals surface area contributed by atoms with E-state index < -0.39 is 5.97 Å². The van der Waals surface area contributed by atoms with Crippen molar-refractivity contribution in [2.24, 2.45) is 11.8 Å². The van der Waals surface area contributed by atoms with E-state index in [2.05, 4.69) is 27.3 Å². The molecule has 0 spiro atoms. The van der Waals surface area contributed by atoms with Gasteiger partial charge in [0.2, 0.25) is 17.6 Å². The van der Waals surface area contributed by atoms with Crippen LogP contribution in [0.3, 0.4) is 0 Å². The molecule has 3 heterocycles. The van der Waals surface area contributed by atoms with E-state index in [0.29, 0.717) is 84.0 Å². The molecule has 1 saturated carbocycles. The maximum absolute atomic E-state index is 11.6. The number of nitrogens with one attached hydrogen (secondary N) is 1. The molecule has 7 rings (SSSR count). The lowest BCUT2D eigenvalue weighted by Crippen LogP contribution is -2.38. The first-order valence-electron chi connectivity index (χ1n) is 18.2. The number of aliphatic carboxylic acids is 1. The van der Waals surface area contributed by atoms with Crippen molar-refractivity contribution in [1.82, 2.24) is 20.2 Å². The smallest absolute Gasteiger partial charge is 0.307 e. The predicted octanol–water partition coefficient (Wildman–Crippen LogP) is 7.96. The molecular weight excluding hydrogens is 715 g/mol. The van der Waals surface area contributed by atoms with E-state index in [0.717, 1.165) is 77.7 Å². The van der Waals surface area contributed by atoms with Gasteiger partial charge in [0.25, 0.3) is 0 Å². The summed E-state index contributed by atoms with van der Waals surface area (Å²) in [5, 5.41) is 14.0. The third-order valence-electron chi connectivity index (χ3n) is 10.7.